The molecule has 26 heavy (non-hydrogen) atoms. The van der Waals surface area contributed by atoms with Crippen molar-refractivity contribution in [1.82, 2.24) is 9.97 Å². The summed E-state index contributed by atoms with van der Waals surface area (Å²) in [6.45, 7) is 0. The monoisotopic (exact) mass is 483 g/mol. The predicted octanol–water partition coefficient (Wildman–Crippen LogP) is 8.07. The highest BCUT2D eigenvalue weighted by Crippen LogP contribution is 2.47. The van der Waals surface area contributed by atoms with Gasteiger partial charge in [-0.2, -0.15) is 0 Å². The maximum atomic E-state index is 6.44. The number of hydrogen-bond donors (Lipinski definition) is 0. The molecule has 2 nitrogen and oxygen atoms in total. The van der Waals surface area contributed by atoms with Gasteiger partial charge in [0.1, 0.15) is 10.3 Å². The molecule has 0 spiro atoms. The van der Waals surface area contributed by atoms with Crippen molar-refractivity contribution in [3.63, 3.8) is 0 Å². The zero-order chi connectivity index (χ0) is 19.0. The third kappa shape index (κ3) is 3.88. The first kappa shape index (κ1) is 20.3. The van der Waals surface area contributed by atoms with Crippen molar-refractivity contribution in [2.75, 3.05) is 0 Å². The average molecular weight is 486 g/mol. The lowest BCUT2D eigenvalue weighted by atomic mass is 9.86. The van der Waals surface area contributed by atoms with Gasteiger partial charge >= 0.3 is 0 Å². The summed E-state index contributed by atoms with van der Waals surface area (Å²) in [6, 6.07) is 6.25. The first-order valence-corrected chi connectivity index (χ1v) is 9.58. The lowest BCUT2D eigenvalue weighted by molar-refractivity contribution is 1.15. The van der Waals surface area contributed by atoms with E-state index in [1.54, 1.807) is 24.3 Å². The Hall–Kier alpha value is -0.450. The summed E-state index contributed by atoms with van der Waals surface area (Å²) >= 11 is 44.4. The van der Waals surface area contributed by atoms with E-state index >= 15 is 0 Å². The van der Waals surface area contributed by atoms with Crippen molar-refractivity contribution < 1.29 is 0 Å². The van der Waals surface area contributed by atoms with Gasteiger partial charge < -0.3 is 0 Å². The molecule has 133 valence electrons. The molecule has 0 aliphatic rings. The summed E-state index contributed by atoms with van der Waals surface area (Å²) < 4.78 is 0. The molecule has 1 aromatic carbocycles. The van der Waals surface area contributed by atoms with Crippen LogP contribution in [0.5, 0.6) is 0 Å². The fourth-order valence-electron chi connectivity index (χ4n) is 2.43. The maximum absolute atomic E-state index is 6.44. The third-order valence-corrected chi connectivity index (χ3v) is 5.48. The zero-order valence-electron chi connectivity index (χ0n) is 12.5. The summed E-state index contributed by atoms with van der Waals surface area (Å²) in [5.41, 5.74) is 1.16. The van der Waals surface area contributed by atoms with Crippen molar-refractivity contribution in [2.24, 2.45) is 0 Å². The van der Waals surface area contributed by atoms with E-state index in [4.69, 9.17) is 81.2 Å². The number of hydrogen-bond acceptors (Lipinski definition) is 2. The van der Waals surface area contributed by atoms with E-state index in [1.807, 2.05) is 0 Å². The number of pyridine rings is 2. The van der Waals surface area contributed by atoms with Crippen LogP contribution in [0.1, 0.15) is 16.7 Å². The minimum absolute atomic E-state index is 0.130. The molecule has 0 saturated heterocycles. The third-order valence-electron chi connectivity index (χ3n) is 3.46. The molecule has 2 aromatic heterocycles. The van der Waals surface area contributed by atoms with Gasteiger partial charge in [0.15, 0.2) is 0 Å². The topological polar surface area (TPSA) is 25.8 Å². The second kappa shape index (κ2) is 8.28. The lowest BCUT2D eigenvalue weighted by Crippen LogP contribution is -2.10. The Morgan fingerprint density at radius 3 is 1.38 bits per heavy atom. The Morgan fingerprint density at radius 2 is 1.00 bits per heavy atom. The fourth-order valence-corrected chi connectivity index (χ4v) is 4.52. The van der Waals surface area contributed by atoms with Gasteiger partial charge in [-0.15, -0.1) is 0 Å². The van der Waals surface area contributed by atoms with Crippen LogP contribution in [-0.2, 0) is 0 Å². The van der Waals surface area contributed by atoms with Crippen LogP contribution in [0.2, 0.25) is 35.4 Å². The van der Waals surface area contributed by atoms with E-state index < -0.39 is 0 Å². The first-order chi connectivity index (χ1) is 12.3. The molecule has 0 fully saturated rings. The largest absolute Gasteiger partial charge is 0.244 e. The van der Waals surface area contributed by atoms with E-state index in [-0.39, 0.29) is 20.4 Å². The summed E-state index contributed by atoms with van der Waals surface area (Å²) in [6.07, 6.45) is 2.95. The van der Waals surface area contributed by atoms with Gasteiger partial charge in [0.05, 0.1) is 5.92 Å². The minimum atomic E-state index is 0.130. The van der Waals surface area contributed by atoms with Crippen LogP contribution >= 0.6 is 81.2 Å². The van der Waals surface area contributed by atoms with Crippen LogP contribution in [0.25, 0.3) is 0 Å². The Labute approximate surface area is 184 Å². The zero-order valence-corrected chi connectivity index (χ0v) is 17.8. The minimum Gasteiger partial charge on any atom is -0.244 e. The van der Waals surface area contributed by atoms with Crippen LogP contribution in [0.4, 0.5) is 0 Å². The average Bonchev–Trinajstić information content (AvgIpc) is 2.53. The summed E-state index contributed by atoms with van der Waals surface area (Å²) in [5.74, 6) is 0.405. The molecule has 1 radical (unpaired) electrons. The second-order valence-corrected chi connectivity index (χ2v) is 7.82. The number of benzene rings is 1. The van der Waals surface area contributed by atoms with Crippen LogP contribution in [0, 0.1) is 5.92 Å². The number of nitrogens with zero attached hydrogens (tertiary/aromatic N) is 2. The summed E-state index contributed by atoms with van der Waals surface area (Å²) in [7, 11) is 0. The van der Waals surface area contributed by atoms with Gasteiger partial charge in [-0.25, -0.2) is 9.97 Å². The van der Waals surface area contributed by atoms with Crippen molar-refractivity contribution >= 4 is 81.2 Å². The van der Waals surface area contributed by atoms with Gasteiger partial charge in [0.25, 0.3) is 0 Å². The molecule has 2 heterocycles. The quantitative estimate of drug-likeness (QED) is 0.350. The smallest absolute Gasteiger partial charge is 0.135 e. The van der Waals surface area contributed by atoms with Gasteiger partial charge in [-0.1, -0.05) is 81.2 Å². The lowest BCUT2D eigenvalue weighted by Gasteiger charge is -2.23. The van der Waals surface area contributed by atoms with E-state index in [0.29, 0.717) is 37.7 Å². The maximum Gasteiger partial charge on any atom is 0.135 e. The molecule has 0 amide bonds. The van der Waals surface area contributed by atoms with Crippen molar-refractivity contribution in [3.8, 4) is 0 Å². The van der Waals surface area contributed by atoms with Crippen LogP contribution in [-0.4, -0.2) is 9.97 Å². The predicted molar refractivity (Wildman–Crippen MR) is 111 cm³/mol. The summed E-state index contributed by atoms with van der Waals surface area (Å²) in [4.78, 5) is 8.18. The normalized spacial score (nSPS) is 11.2. The highest BCUT2D eigenvalue weighted by molar-refractivity contribution is 6.41. The van der Waals surface area contributed by atoms with E-state index in [2.05, 4.69) is 9.97 Å². The molecule has 3 rings (SSSR count). The van der Waals surface area contributed by atoms with Gasteiger partial charge in [-0.05, 0) is 24.3 Å². The molecule has 0 N–H and O–H groups in total. The molecule has 0 atom stereocenters. The highest BCUT2D eigenvalue weighted by atomic mass is 35.5. The molecule has 0 saturated carbocycles. The molecular formula is C17H6Cl7N2. The van der Waals surface area contributed by atoms with Crippen LogP contribution < -0.4 is 0 Å². The Balaban J connectivity index is 2.43. The van der Waals surface area contributed by atoms with Crippen LogP contribution in [0.15, 0.2) is 36.7 Å². The van der Waals surface area contributed by atoms with E-state index in [0.717, 1.165) is 0 Å². The fraction of sp³-hybridized carbons (Fsp3) is 0. The molecule has 3 aromatic rings. The Bertz CT molecular complexity index is 876. The number of rotatable bonds is 3. The Morgan fingerprint density at radius 1 is 0.577 bits per heavy atom. The summed E-state index contributed by atoms with van der Waals surface area (Å²) in [5, 5.41) is 1.80. The highest BCUT2D eigenvalue weighted by Gasteiger charge is 2.32. The van der Waals surface area contributed by atoms with Crippen molar-refractivity contribution in [2.45, 2.75) is 0 Å². The standard InChI is InChI=1S/C17H6Cl7N2/c18-7-5-10(21)12(11(22)6-7)15(13-8(19)1-3-25-16(13)23)14-9(20)2-4-26-17(14)24/h1-6H. The van der Waals surface area contributed by atoms with Gasteiger partial charge in [-0.3, -0.25) is 0 Å². The number of halogens is 7. The molecule has 0 aliphatic heterocycles. The molecule has 9 heteroatoms. The molecular weight excluding hydrogens is 480 g/mol. The molecule has 0 aliphatic carbocycles. The second-order valence-electron chi connectivity index (χ2n) is 5.04. The Kier molecular flexibility index (Phi) is 6.46. The van der Waals surface area contributed by atoms with Crippen molar-refractivity contribution in [1.29, 1.82) is 0 Å². The first-order valence-electron chi connectivity index (χ1n) is 6.94. The molecule has 0 bridgehead atoms. The van der Waals surface area contributed by atoms with Gasteiger partial charge in [0, 0.05) is 54.2 Å². The number of aromatic nitrogens is 2. The van der Waals surface area contributed by atoms with Gasteiger partial charge in [0.2, 0.25) is 0 Å². The van der Waals surface area contributed by atoms with E-state index in [9.17, 15) is 0 Å². The van der Waals surface area contributed by atoms with E-state index in [1.165, 1.54) is 12.4 Å². The van der Waals surface area contributed by atoms with Crippen LogP contribution in [0.3, 0.4) is 0 Å². The molecule has 0 unspecified atom stereocenters. The van der Waals surface area contributed by atoms with Crippen molar-refractivity contribution in [3.05, 3.63) is 94.7 Å². The SMILES string of the molecule is Clc1cc(Cl)c([C](c2c(Cl)ccnc2Cl)c2c(Cl)ccnc2Cl)c(Cl)c1.